The van der Waals surface area contributed by atoms with Gasteiger partial charge in [-0.25, -0.2) is 4.79 Å². The van der Waals surface area contributed by atoms with E-state index in [-0.39, 0.29) is 6.10 Å². The number of esters is 1. The molecule has 0 saturated carbocycles. The number of hydrogen-bond acceptors (Lipinski definition) is 4. The molecule has 2 atom stereocenters. The summed E-state index contributed by atoms with van der Waals surface area (Å²) >= 11 is 0. The van der Waals surface area contributed by atoms with Crippen molar-refractivity contribution in [3.8, 4) is 0 Å². The predicted octanol–water partition coefficient (Wildman–Crippen LogP) is 1.37. The number of aliphatic hydroxyl groups excluding tert-OH is 1. The van der Waals surface area contributed by atoms with Crippen molar-refractivity contribution < 1.29 is 19.4 Å². The molecular formula is C12H18O4. The normalized spacial score (nSPS) is 31.1. The van der Waals surface area contributed by atoms with Gasteiger partial charge in [0.05, 0.1) is 6.10 Å². The zero-order valence-corrected chi connectivity index (χ0v) is 9.52. The van der Waals surface area contributed by atoms with Gasteiger partial charge in [-0.15, -0.1) is 0 Å². The van der Waals surface area contributed by atoms with Gasteiger partial charge in [-0.05, 0) is 32.3 Å². The fourth-order valence-electron chi connectivity index (χ4n) is 1.65. The fraction of sp³-hybridized carbons (Fsp3) is 0.667. The van der Waals surface area contributed by atoms with Gasteiger partial charge in [0, 0.05) is 6.08 Å². The maximum Gasteiger partial charge on any atom is 0.331 e. The van der Waals surface area contributed by atoms with E-state index in [0.717, 1.165) is 37.8 Å². The first-order valence-corrected chi connectivity index (χ1v) is 5.70. The van der Waals surface area contributed by atoms with Gasteiger partial charge >= 0.3 is 5.97 Å². The summed E-state index contributed by atoms with van der Waals surface area (Å²) in [5.74, 6) is -0.946. The van der Waals surface area contributed by atoms with Crippen LogP contribution in [0.15, 0.2) is 12.2 Å². The molecule has 4 nitrogen and oxygen atoms in total. The van der Waals surface area contributed by atoms with Crippen molar-refractivity contribution in [3.05, 3.63) is 12.2 Å². The molecule has 0 aromatic carbocycles. The highest BCUT2D eigenvalue weighted by Gasteiger charge is 2.14. The van der Waals surface area contributed by atoms with Crippen molar-refractivity contribution in [1.29, 1.82) is 0 Å². The lowest BCUT2D eigenvalue weighted by molar-refractivity contribution is -0.142. The van der Waals surface area contributed by atoms with E-state index in [4.69, 9.17) is 4.74 Å². The molecule has 16 heavy (non-hydrogen) atoms. The summed E-state index contributed by atoms with van der Waals surface area (Å²) in [6, 6.07) is 0. The van der Waals surface area contributed by atoms with Gasteiger partial charge in [0.2, 0.25) is 0 Å². The Hall–Kier alpha value is -1.16. The first kappa shape index (κ1) is 12.9. The summed E-state index contributed by atoms with van der Waals surface area (Å²) in [6.07, 6.45) is 5.08. The van der Waals surface area contributed by atoms with Gasteiger partial charge in [-0.3, -0.25) is 4.79 Å². The maximum atomic E-state index is 11.3. The third-order valence-electron chi connectivity index (χ3n) is 2.62. The second-order valence-electron chi connectivity index (χ2n) is 4.14. The second-order valence-corrected chi connectivity index (χ2v) is 4.14. The Morgan fingerprint density at radius 1 is 1.19 bits per heavy atom. The number of hydrogen-bond donors (Lipinski definition) is 1. The largest absolute Gasteiger partial charge is 0.460 e. The highest BCUT2D eigenvalue weighted by atomic mass is 16.5. The fourth-order valence-corrected chi connectivity index (χ4v) is 1.65. The molecule has 0 amide bonds. The molecule has 0 spiro atoms. The molecule has 1 rings (SSSR count). The molecule has 1 N–H and O–H groups in total. The number of ether oxygens (including phenoxy) is 1. The Labute approximate surface area is 95.3 Å². The minimum absolute atomic E-state index is 0.114. The lowest BCUT2D eigenvalue weighted by Crippen LogP contribution is -2.20. The molecule has 90 valence electrons. The maximum absolute atomic E-state index is 11.3. The molecule has 0 aromatic rings. The highest BCUT2D eigenvalue weighted by Crippen LogP contribution is 2.11. The van der Waals surface area contributed by atoms with Crippen LogP contribution in [0.1, 0.15) is 39.0 Å². The Morgan fingerprint density at radius 3 is 2.62 bits per heavy atom. The SMILES string of the molecule is C[C@@H]1CCCCCC(O)C(=O)/C=C\C(=O)O1. The first-order chi connectivity index (χ1) is 7.59. The lowest BCUT2D eigenvalue weighted by Gasteiger charge is -2.13. The molecular weight excluding hydrogens is 208 g/mol. The van der Waals surface area contributed by atoms with Crippen LogP contribution in [0.2, 0.25) is 0 Å². The van der Waals surface area contributed by atoms with Crippen molar-refractivity contribution >= 4 is 11.8 Å². The number of carbonyl (C=O) groups excluding carboxylic acids is 2. The number of carbonyl (C=O) groups is 2. The molecule has 0 bridgehead atoms. The van der Waals surface area contributed by atoms with E-state index in [1.54, 1.807) is 0 Å². The molecule has 4 heteroatoms. The number of cyclic esters (lactones) is 1. The van der Waals surface area contributed by atoms with Crippen LogP contribution in [0.25, 0.3) is 0 Å². The molecule has 0 saturated heterocycles. The summed E-state index contributed by atoms with van der Waals surface area (Å²) in [6.45, 7) is 1.84. The van der Waals surface area contributed by atoms with Crippen molar-refractivity contribution in [2.45, 2.75) is 51.2 Å². The van der Waals surface area contributed by atoms with E-state index in [1.165, 1.54) is 0 Å². The average Bonchev–Trinajstić information content (AvgIpc) is 2.23. The monoisotopic (exact) mass is 226 g/mol. The van der Waals surface area contributed by atoms with Crippen LogP contribution in [0.4, 0.5) is 0 Å². The standard InChI is InChI=1S/C12H18O4/c1-9-5-3-2-4-6-10(13)11(14)7-8-12(15)16-9/h7-10,13H,2-6H2,1H3/b8-7-/t9-,10?/m1/s1. The van der Waals surface area contributed by atoms with Crippen LogP contribution in [0.3, 0.4) is 0 Å². The van der Waals surface area contributed by atoms with Crippen LogP contribution in [-0.4, -0.2) is 29.1 Å². The van der Waals surface area contributed by atoms with Gasteiger partial charge in [-0.2, -0.15) is 0 Å². The van der Waals surface area contributed by atoms with Crippen molar-refractivity contribution in [2.75, 3.05) is 0 Å². The minimum atomic E-state index is -0.985. The third-order valence-corrected chi connectivity index (χ3v) is 2.62. The first-order valence-electron chi connectivity index (χ1n) is 5.70. The van der Waals surface area contributed by atoms with Gasteiger partial charge < -0.3 is 9.84 Å². The molecule has 1 unspecified atom stereocenters. The summed E-state index contributed by atoms with van der Waals surface area (Å²) in [4.78, 5) is 22.5. The number of rotatable bonds is 0. The molecule has 0 fully saturated rings. The summed E-state index contributed by atoms with van der Waals surface area (Å²) < 4.78 is 5.05. The van der Waals surface area contributed by atoms with E-state index in [0.29, 0.717) is 6.42 Å². The summed E-state index contributed by atoms with van der Waals surface area (Å²) in [5, 5.41) is 9.45. The number of ketones is 1. The highest BCUT2D eigenvalue weighted by molar-refractivity contribution is 5.98. The van der Waals surface area contributed by atoms with Crippen LogP contribution in [0, 0.1) is 0 Å². The van der Waals surface area contributed by atoms with Crippen molar-refractivity contribution in [1.82, 2.24) is 0 Å². The predicted molar refractivity (Wildman–Crippen MR) is 58.8 cm³/mol. The Bertz CT molecular complexity index is 283. The van der Waals surface area contributed by atoms with E-state index in [2.05, 4.69) is 0 Å². The quantitative estimate of drug-likeness (QED) is 0.634. The Kier molecular flexibility index (Phi) is 5.19. The minimum Gasteiger partial charge on any atom is -0.460 e. The topological polar surface area (TPSA) is 63.6 Å². The summed E-state index contributed by atoms with van der Waals surface area (Å²) in [5.41, 5.74) is 0. The Balaban J connectivity index is 2.61. The lowest BCUT2D eigenvalue weighted by atomic mass is 10.0. The molecule has 0 aliphatic carbocycles. The van der Waals surface area contributed by atoms with Crippen LogP contribution in [0.5, 0.6) is 0 Å². The molecule has 1 aliphatic heterocycles. The van der Waals surface area contributed by atoms with Gasteiger partial charge in [0.1, 0.15) is 6.10 Å². The van der Waals surface area contributed by atoms with Crippen LogP contribution < -0.4 is 0 Å². The average molecular weight is 226 g/mol. The van der Waals surface area contributed by atoms with Gasteiger partial charge in [0.15, 0.2) is 5.78 Å². The third kappa shape index (κ3) is 4.57. The van der Waals surface area contributed by atoms with E-state index >= 15 is 0 Å². The zero-order valence-electron chi connectivity index (χ0n) is 9.52. The van der Waals surface area contributed by atoms with Crippen molar-refractivity contribution in [3.63, 3.8) is 0 Å². The van der Waals surface area contributed by atoms with Crippen LogP contribution in [-0.2, 0) is 14.3 Å². The molecule has 1 heterocycles. The number of aliphatic hydroxyl groups is 1. The molecule has 0 radical (unpaired) electrons. The van der Waals surface area contributed by atoms with E-state index in [9.17, 15) is 14.7 Å². The molecule has 1 aliphatic rings. The molecule has 0 aromatic heterocycles. The smallest absolute Gasteiger partial charge is 0.331 e. The van der Waals surface area contributed by atoms with Gasteiger partial charge in [-0.1, -0.05) is 12.8 Å². The van der Waals surface area contributed by atoms with E-state index < -0.39 is 17.9 Å². The van der Waals surface area contributed by atoms with Gasteiger partial charge in [0.25, 0.3) is 0 Å². The van der Waals surface area contributed by atoms with E-state index in [1.807, 2.05) is 6.92 Å². The van der Waals surface area contributed by atoms with Crippen molar-refractivity contribution in [2.24, 2.45) is 0 Å². The van der Waals surface area contributed by atoms with Crippen LogP contribution >= 0.6 is 0 Å². The zero-order chi connectivity index (χ0) is 12.0. The second kappa shape index (κ2) is 6.43. The Morgan fingerprint density at radius 2 is 1.88 bits per heavy atom. The summed E-state index contributed by atoms with van der Waals surface area (Å²) in [7, 11) is 0.